The van der Waals surface area contributed by atoms with E-state index in [1.54, 1.807) is 6.20 Å². The van der Waals surface area contributed by atoms with E-state index in [-0.39, 0.29) is 5.69 Å². The van der Waals surface area contributed by atoms with Crippen molar-refractivity contribution in [1.29, 1.82) is 0 Å². The summed E-state index contributed by atoms with van der Waals surface area (Å²) in [4.78, 5) is 0. The Morgan fingerprint density at radius 3 is 2.33 bits per heavy atom. The molecule has 0 saturated heterocycles. The van der Waals surface area contributed by atoms with Gasteiger partial charge in [-0.25, -0.2) is 17.9 Å². The molecule has 0 N–H and O–H groups in total. The normalized spacial score (nSPS) is 10.9. The fraction of sp³-hybridized carbons (Fsp3) is 0.250. The highest BCUT2D eigenvalue weighted by Gasteiger charge is 2.15. The second kappa shape index (κ2) is 5.14. The lowest BCUT2D eigenvalue weighted by molar-refractivity contribution is 0.445. The molecule has 0 aliphatic rings. The van der Waals surface area contributed by atoms with Gasteiger partial charge in [-0.05, 0) is 6.42 Å². The van der Waals surface area contributed by atoms with Gasteiger partial charge < -0.3 is 0 Å². The molecule has 1 heterocycles. The van der Waals surface area contributed by atoms with Crippen molar-refractivity contribution in [3.8, 4) is 5.69 Å². The van der Waals surface area contributed by atoms with E-state index in [1.807, 2.05) is 6.92 Å². The van der Waals surface area contributed by atoms with Gasteiger partial charge in [0.1, 0.15) is 0 Å². The maximum absolute atomic E-state index is 13.2. The molecule has 1 aromatic carbocycles. The summed E-state index contributed by atoms with van der Waals surface area (Å²) in [5.74, 6) is -3.91. The summed E-state index contributed by atoms with van der Waals surface area (Å²) in [7, 11) is 0. The number of halogens is 4. The predicted octanol–water partition coefficient (Wildman–Crippen LogP) is 3.75. The molecule has 1 aromatic heterocycles. The van der Waals surface area contributed by atoms with Crippen LogP contribution in [0.15, 0.2) is 18.3 Å². The highest BCUT2D eigenvalue weighted by atomic mass is 79.9. The SMILES string of the molecule is CCc1c(CBr)cnn1-c1cc(F)c(F)c(F)c1. The first kappa shape index (κ1) is 13.1. The molecule has 0 spiro atoms. The minimum atomic E-state index is -1.47. The quantitative estimate of drug-likeness (QED) is 0.622. The van der Waals surface area contributed by atoms with Gasteiger partial charge in [0.2, 0.25) is 0 Å². The van der Waals surface area contributed by atoms with Crippen LogP contribution in [0.3, 0.4) is 0 Å². The number of nitrogens with zero attached hydrogens (tertiary/aromatic N) is 2. The van der Waals surface area contributed by atoms with Gasteiger partial charge in [-0.1, -0.05) is 22.9 Å². The van der Waals surface area contributed by atoms with E-state index in [1.165, 1.54) is 4.68 Å². The third-order valence-corrected chi connectivity index (χ3v) is 3.25. The van der Waals surface area contributed by atoms with Crippen LogP contribution in [-0.2, 0) is 11.8 Å². The molecule has 0 aliphatic heterocycles. The first-order valence-electron chi connectivity index (χ1n) is 5.35. The van der Waals surface area contributed by atoms with Crippen LogP contribution in [0, 0.1) is 17.5 Å². The Bertz CT molecular complexity index is 558. The minimum absolute atomic E-state index is 0.176. The van der Waals surface area contributed by atoms with E-state index in [4.69, 9.17) is 0 Å². The Morgan fingerprint density at radius 1 is 1.22 bits per heavy atom. The van der Waals surface area contributed by atoms with Crippen molar-refractivity contribution in [2.75, 3.05) is 0 Å². The number of alkyl halides is 1. The average molecular weight is 319 g/mol. The summed E-state index contributed by atoms with van der Waals surface area (Å²) < 4.78 is 40.7. The lowest BCUT2D eigenvalue weighted by atomic mass is 10.2. The zero-order valence-corrected chi connectivity index (χ0v) is 11.1. The van der Waals surface area contributed by atoms with Crippen LogP contribution in [-0.4, -0.2) is 9.78 Å². The summed E-state index contributed by atoms with van der Waals surface area (Å²) in [6.45, 7) is 1.91. The third kappa shape index (κ3) is 2.16. The molecule has 2 rings (SSSR count). The Balaban J connectivity index is 2.58. The predicted molar refractivity (Wildman–Crippen MR) is 65.4 cm³/mol. The number of hydrogen-bond acceptors (Lipinski definition) is 1. The Hall–Kier alpha value is -1.30. The van der Waals surface area contributed by atoms with Gasteiger partial charge in [0.05, 0.1) is 11.9 Å². The van der Waals surface area contributed by atoms with E-state index >= 15 is 0 Å². The van der Waals surface area contributed by atoms with Crippen LogP contribution in [0.1, 0.15) is 18.2 Å². The molecule has 6 heteroatoms. The van der Waals surface area contributed by atoms with Gasteiger partial charge in [-0.15, -0.1) is 0 Å². The molecule has 96 valence electrons. The molecular formula is C12H10BrF3N2. The smallest absolute Gasteiger partial charge is 0.194 e. The Labute approximate surface area is 111 Å². The highest BCUT2D eigenvalue weighted by molar-refractivity contribution is 9.08. The highest BCUT2D eigenvalue weighted by Crippen LogP contribution is 2.21. The summed E-state index contributed by atoms with van der Waals surface area (Å²) >= 11 is 3.31. The van der Waals surface area contributed by atoms with Crippen molar-refractivity contribution in [3.63, 3.8) is 0 Å². The summed E-state index contributed by atoms with van der Waals surface area (Å²) in [5, 5.41) is 4.67. The molecular weight excluding hydrogens is 309 g/mol. The van der Waals surface area contributed by atoms with Crippen LogP contribution >= 0.6 is 15.9 Å². The molecule has 2 nitrogen and oxygen atoms in total. The average Bonchev–Trinajstić information content (AvgIpc) is 2.77. The molecule has 0 saturated carbocycles. The van der Waals surface area contributed by atoms with E-state index in [0.717, 1.165) is 23.4 Å². The fourth-order valence-electron chi connectivity index (χ4n) is 1.78. The van der Waals surface area contributed by atoms with Gasteiger partial charge in [-0.2, -0.15) is 5.10 Å². The van der Waals surface area contributed by atoms with Gasteiger partial charge in [0, 0.05) is 28.7 Å². The summed E-state index contributed by atoms with van der Waals surface area (Å²) in [6.07, 6.45) is 2.27. The minimum Gasteiger partial charge on any atom is -0.237 e. The van der Waals surface area contributed by atoms with E-state index in [9.17, 15) is 13.2 Å². The lowest BCUT2D eigenvalue weighted by Gasteiger charge is -2.08. The first-order valence-corrected chi connectivity index (χ1v) is 6.47. The van der Waals surface area contributed by atoms with E-state index in [2.05, 4.69) is 21.0 Å². The zero-order chi connectivity index (χ0) is 13.3. The lowest BCUT2D eigenvalue weighted by Crippen LogP contribution is -2.05. The van der Waals surface area contributed by atoms with Crippen LogP contribution < -0.4 is 0 Å². The van der Waals surface area contributed by atoms with Crippen LogP contribution in [0.4, 0.5) is 13.2 Å². The van der Waals surface area contributed by atoms with Crippen molar-refractivity contribution in [1.82, 2.24) is 9.78 Å². The van der Waals surface area contributed by atoms with Crippen LogP contribution in [0.25, 0.3) is 5.69 Å². The van der Waals surface area contributed by atoms with Crippen molar-refractivity contribution in [2.45, 2.75) is 18.7 Å². The molecule has 0 atom stereocenters. The number of rotatable bonds is 3. The van der Waals surface area contributed by atoms with Crippen molar-refractivity contribution in [3.05, 3.63) is 47.0 Å². The van der Waals surface area contributed by atoms with Gasteiger partial charge in [0.25, 0.3) is 0 Å². The second-order valence-corrected chi connectivity index (χ2v) is 4.30. The summed E-state index contributed by atoms with van der Waals surface area (Å²) in [5.41, 5.74) is 1.94. The Kier molecular flexibility index (Phi) is 3.75. The number of hydrogen-bond donors (Lipinski definition) is 0. The topological polar surface area (TPSA) is 17.8 Å². The van der Waals surface area contributed by atoms with E-state index < -0.39 is 17.5 Å². The fourth-order valence-corrected chi connectivity index (χ4v) is 2.25. The number of aromatic nitrogens is 2. The maximum atomic E-state index is 13.2. The maximum Gasteiger partial charge on any atom is 0.194 e. The van der Waals surface area contributed by atoms with Crippen molar-refractivity contribution in [2.24, 2.45) is 0 Å². The Morgan fingerprint density at radius 2 is 1.83 bits per heavy atom. The zero-order valence-electron chi connectivity index (χ0n) is 9.55. The van der Waals surface area contributed by atoms with Crippen LogP contribution in [0.5, 0.6) is 0 Å². The van der Waals surface area contributed by atoms with E-state index in [0.29, 0.717) is 11.8 Å². The standard InChI is InChI=1S/C12H10BrF3N2/c1-2-11-7(5-13)6-17-18(11)8-3-9(14)12(16)10(15)4-8/h3-4,6H,2,5H2,1H3. The monoisotopic (exact) mass is 318 g/mol. The largest absolute Gasteiger partial charge is 0.237 e. The molecule has 0 amide bonds. The first-order chi connectivity index (χ1) is 8.58. The summed E-state index contributed by atoms with van der Waals surface area (Å²) in [6, 6.07) is 1.87. The number of benzene rings is 1. The van der Waals surface area contributed by atoms with Crippen LogP contribution in [0.2, 0.25) is 0 Å². The van der Waals surface area contributed by atoms with Gasteiger partial charge >= 0.3 is 0 Å². The second-order valence-electron chi connectivity index (χ2n) is 3.74. The van der Waals surface area contributed by atoms with Crippen molar-refractivity contribution < 1.29 is 13.2 Å². The molecule has 0 fully saturated rings. The molecule has 18 heavy (non-hydrogen) atoms. The molecule has 0 bridgehead atoms. The molecule has 0 aliphatic carbocycles. The molecule has 2 aromatic rings. The van der Waals surface area contributed by atoms with Crippen molar-refractivity contribution >= 4 is 15.9 Å². The molecule has 0 radical (unpaired) electrons. The third-order valence-electron chi connectivity index (χ3n) is 2.65. The molecule has 0 unspecified atom stereocenters. The van der Waals surface area contributed by atoms with Gasteiger partial charge in [0.15, 0.2) is 17.5 Å². The van der Waals surface area contributed by atoms with Gasteiger partial charge in [-0.3, -0.25) is 0 Å².